The topological polar surface area (TPSA) is 94.1 Å². The van der Waals surface area contributed by atoms with Gasteiger partial charge < -0.3 is 4.74 Å². The lowest BCUT2D eigenvalue weighted by atomic mass is 10.3. The Kier molecular flexibility index (Phi) is 3.46. The average molecular weight is 306 g/mol. The first-order chi connectivity index (χ1) is 10.1. The third kappa shape index (κ3) is 3.10. The minimum atomic E-state index is -3.79. The normalized spacial score (nSPS) is 14.7. The van der Waals surface area contributed by atoms with Crippen molar-refractivity contribution in [2.45, 2.75) is 23.7 Å². The zero-order chi connectivity index (χ0) is 14.9. The van der Waals surface area contributed by atoms with Gasteiger partial charge in [0.05, 0.1) is 13.3 Å². The number of sulfonamides is 1. The predicted octanol–water partition coefficient (Wildman–Crippen LogP) is 1.56. The second-order valence-electron chi connectivity index (χ2n) is 4.75. The minimum Gasteiger partial charge on any atom is -0.495 e. The Balaban J connectivity index is 1.86. The van der Waals surface area contributed by atoms with Crippen LogP contribution in [0, 0.1) is 0 Å². The van der Waals surface area contributed by atoms with Gasteiger partial charge in [0.25, 0.3) is 10.0 Å². The van der Waals surface area contributed by atoms with Crippen LogP contribution in [0.1, 0.15) is 24.5 Å². The number of rotatable bonds is 5. The monoisotopic (exact) mass is 306 g/mol. The van der Waals surface area contributed by atoms with Crippen molar-refractivity contribution in [3.8, 4) is 5.75 Å². The molecular formula is C13H14N4O3S. The maximum Gasteiger partial charge on any atom is 0.265 e. The summed E-state index contributed by atoms with van der Waals surface area (Å²) in [4.78, 5) is 12.0. The summed E-state index contributed by atoms with van der Waals surface area (Å²) in [6.45, 7) is 0. The number of anilines is 1. The highest BCUT2D eigenvalue weighted by Crippen LogP contribution is 2.38. The van der Waals surface area contributed by atoms with Crippen LogP contribution in [-0.2, 0) is 10.0 Å². The number of aromatic nitrogens is 3. The van der Waals surface area contributed by atoms with Crippen molar-refractivity contribution >= 4 is 16.0 Å². The van der Waals surface area contributed by atoms with Crippen LogP contribution in [0.3, 0.4) is 0 Å². The van der Waals surface area contributed by atoms with E-state index in [0.717, 1.165) is 18.5 Å². The van der Waals surface area contributed by atoms with Gasteiger partial charge >= 0.3 is 0 Å². The largest absolute Gasteiger partial charge is 0.495 e. The van der Waals surface area contributed by atoms with Gasteiger partial charge in [-0.2, -0.15) is 0 Å². The van der Waals surface area contributed by atoms with Crippen molar-refractivity contribution in [1.29, 1.82) is 0 Å². The van der Waals surface area contributed by atoms with E-state index >= 15 is 0 Å². The third-order valence-electron chi connectivity index (χ3n) is 3.13. The summed E-state index contributed by atoms with van der Waals surface area (Å²) in [5.41, 5.74) is 0.867. The minimum absolute atomic E-state index is 0.00211. The molecule has 0 unspecified atom stereocenters. The number of nitrogens with zero attached hydrogens (tertiary/aromatic N) is 3. The van der Waals surface area contributed by atoms with Gasteiger partial charge in [-0.3, -0.25) is 4.98 Å². The summed E-state index contributed by atoms with van der Waals surface area (Å²) in [5.74, 6) is 0.863. The number of nitrogens with one attached hydrogen (secondary N) is 1. The van der Waals surface area contributed by atoms with Gasteiger partial charge in [0.1, 0.15) is 10.6 Å². The smallest absolute Gasteiger partial charge is 0.265 e. The molecule has 0 aliphatic heterocycles. The predicted molar refractivity (Wildman–Crippen MR) is 75.6 cm³/mol. The van der Waals surface area contributed by atoms with Crippen LogP contribution in [0.5, 0.6) is 5.75 Å². The first-order valence-electron chi connectivity index (χ1n) is 6.43. The van der Waals surface area contributed by atoms with Crippen molar-refractivity contribution < 1.29 is 13.2 Å². The highest BCUT2D eigenvalue weighted by atomic mass is 32.2. The summed E-state index contributed by atoms with van der Waals surface area (Å²) in [5, 5.41) is 0. The first kappa shape index (κ1) is 13.7. The molecule has 1 saturated carbocycles. The lowest BCUT2D eigenvalue weighted by Crippen LogP contribution is -2.15. The van der Waals surface area contributed by atoms with E-state index in [-0.39, 0.29) is 10.8 Å². The van der Waals surface area contributed by atoms with Crippen molar-refractivity contribution in [3.05, 3.63) is 36.4 Å². The van der Waals surface area contributed by atoms with Gasteiger partial charge in [0, 0.05) is 30.1 Å². The standard InChI is InChI=1S/C13H14N4O3S/c1-20-10-6-11(8-14-7-10)21(18,19)17-13-15-5-4-12(16-13)9-2-3-9/h4-9H,2-3H2,1H3,(H,15,16,17). The van der Waals surface area contributed by atoms with E-state index < -0.39 is 10.0 Å². The van der Waals surface area contributed by atoms with Gasteiger partial charge in [-0.05, 0) is 18.9 Å². The molecule has 0 aromatic carbocycles. The van der Waals surface area contributed by atoms with Crippen molar-refractivity contribution in [3.63, 3.8) is 0 Å². The number of pyridine rings is 1. The van der Waals surface area contributed by atoms with Crippen LogP contribution in [0.25, 0.3) is 0 Å². The molecule has 7 nitrogen and oxygen atoms in total. The number of hydrogen-bond acceptors (Lipinski definition) is 6. The molecule has 3 rings (SSSR count). The Bertz CT molecular complexity index is 760. The Morgan fingerprint density at radius 3 is 2.86 bits per heavy atom. The molecule has 8 heteroatoms. The summed E-state index contributed by atoms with van der Waals surface area (Å²) >= 11 is 0. The molecule has 2 aromatic rings. The van der Waals surface area contributed by atoms with Crippen molar-refractivity contribution in [2.24, 2.45) is 0 Å². The summed E-state index contributed by atoms with van der Waals surface area (Å²) in [6.07, 6.45) is 6.41. The fourth-order valence-electron chi connectivity index (χ4n) is 1.86. The van der Waals surface area contributed by atoms with Crippen LogP contribution < -0.4 is 9.46 Å². The molecule has 1 fully saturated rings. The van der Waals surface area contributed by atoms with E-state index in [4.69, 9.17) is 4.74 Å². The van der Waals surface area contributed by atoms with E-state index in [1.54, 1.807) is 6.20 Å². The van der Waals surface area contributed by atoms with E-state index in [9.17, 15) is 8.42 Å². The quantitative estimate of drug-likeness (QED) is 0.901. The van der Waals surface area contributed by atoms with Crippen molar-refractivity contribution in [2.75, 3.05) is 11.8 Å². The van der Waals surface area contributed by atoms with Gasteiger partial charge in [-0.1, -0.05) is 0 Å². The molecule has 21 heavy (non-hydrogen) atoms. The molecule has 0 saturated heterocycles. The summed E-state index contributed by atoms with van der Waals surface area (Å²) < 4.78 is 31.9. The molecule has 0 bridgehead atoms. The van der Waals surface area contributed by atoms with E-state index in [0.29, 0.717) is 11.7 Å². The molecule has 1 aliphatic rings. The fraction of sp³-hybridized carbons (Fsp3) is 0.308. The molecule has 0 spiro atoms. The molecule has 0 amide bonds. The van der Waals surface area contributed by atoms with Gasteiger partial charge in [0.15, 0.2) is 0 Å². The molecular weight excluding hydrogens is 292 g/mol. The van der Waals surface area contributed by atoms with Crippen LogP contribution in [0.15, 0.2) is 35.6 Å². The van der Waals surface area contributed by atoms with Crippen LogP contribution in [0.4, 0.5) is 5.95 Å². The molecule has 0 atom stereocenters. The summed E-state index contributed by atoms with van der Waals surface area (Å²) in [7, 11) is -2.34. The van der Waals surface area contributed by atoms with Crippen LogP contribution in [0.2, 0.25) is 0 Å². The van der Waals surface area contributed by atoms with Crippen LogP contribution in [-0.4, -0.2) is 30.5 Å². The van der Waals surface area contributed by atoms with Gasteiger partial charge in [0.2, 0.25) is 5.95 Å². The Labute approximate surface area is 122 Å². The first-order valence-corrected chi connectivity index (χ1v) is 7.91. The lowest BCUT2D eigenvalue weighted by molar-refractivity contribution is 0.411. The van der Waals surface area contributed by atoms with E-state index in [1.165, 1.54) is 25.6 Å². The fourth-order valence-corrected chi connectivity index (χ4v) is 2.79. The highest BCUT2D eigenvalue weighted by molar-refractivity contribution is 7.92. The molecule has 110 valence electrons. The van der Waals surface area contributed by atoms with E-state index in [2.05, 4.69) is 19.7 Å². The summed E-state index contributed by atoms with van der Waals surface area (Å²) in [6, 6.07) is 3.20. The zero-order valence-corrected chi connectivity index (χ0v) is 12.2. The number of methoxy groups -OCH3 is 1. The Morgan fingerprint density at radius 2 is 2.14 bits per heavy atom. The SMILES string of the molecule is COc1cncc(S(=O)(=O)Nc2nccc(C3CC3)n2)c1. The second-order valence-corrected chi connectivity index (χ2v) is 6.43. The number of hydrogen-bond donors (Lipinski definition) is 1. The third-order valence-corrected chi connectivity index (χ3v) is 4.43. The maximum atomic E-state index is 12.3. The molecule has 0 radical (unpaired) electrons. The molecule has 2 aromatic heterocycles. The van der Waals surface area contributed by atoms with Gasteiger partial charge in [-0.25, -0.2) is 23.1 Å². The Morgan fingerprint density at radius 1 is 1.33 bits per heavy atom. The second kappa shape index (κ2) is 5.28. The highest BCUT2D eigenvalue weighted by Gasteiger charge is 2.26. The van der Waals surface area contributed by atoms with E-state index in [1.807, 2.05) is 6.07 Å². The molecule has 1 N–H and O–H groups in total. The molecule has 1 aliphatic carbocycles. The lowest BCUT2D eigenvalue weighted by Gasteiger charge is -2.08. The molecule has 2 heterocycles. The van der Waals surface area contributed by atoms with Gasteiger partial charge in [-0.15, -0.1) is 0 Å². The Hall–Kier alpha value is -2.22. The maximum absolute atomic E-state index is 12.3. The van der Waals surface area contributed by atoms with Crippen LogP contribution >= 0.6 is 0 Å². The van der Waals surface area contributed by atoms with Crippen molar-refractivity contribution in [1.82, 2.24) is 15.0 Å². The zero-order valence-electron chi connectivity index (χ0n) is 11.4. The average Bonchev–Trinajstić information content (AvgIpc) is 3.32. The number of ether oxygens (including phenoxy) is 1.